The van der Waals surface area contributed by atoms with Crippen molar-refractivity contribution in [2.24, 2.45) is 0 Å². The Labute approximate surface area is 149 Å². The van der Waals surface area contributed by atoms with Crippen molar-refractivity contribution in [3.05, 3.63) is 68.7 Å². The highest BCUT2D eigenvalue weighted by atomic mass is 35.5. The maximum atomic E-state index is 12.5. The first-order valence-corrected chi connectivity index (χ1v) is 8.22. The smallest absolute Gasteiger partial charge is 0.337 e. The third-order valence-corrected chi connectivity index (χ3v) is 4.69. The standard InChI is InChI=1S/C18H15Cl2NO3/c1-24-18(23)11-3-2-10-4-7-16(13(10)8-11)21-17(22)14-9-12(19)5-6-15(14)20/h2-3,5-6,8-9,16H,4,7H2,1H3,(H,21,22). The van der Waals surface area contributed by atoms with Gasteiger partial charge in [-0.15, -0.1) is 0 Å². The molecule has 1 amide bonds. The van der Waals surface area contributed by atoms with Gasteiger partial charge in [0.1, 0.15) is 0 Å². The minimum Gasteiger partial charge on any atom is -0.465 e. The van der Waals surface area contributed by atoms with E-state index in [1.807, 2.05) is 6.07 Å². The Balaban J connectivity index is 1.85. The molecule has 124 valence electrons. The van der Waals surface area contributed by atoms with E-state index in [2.05, 4.69) is 5.32 Å². The van der Waals surface area contributed by atoms with E-state index in [1.54, 1.807) is 30.3 Å². The largest absolute Gasteiger partial charge is 0.465 e. The zero-order valence-electron chi connectivity index (χ0n) is 12.9. The summed E-state index contributed by atoms with van der Waals surface area (Å²) >= 11 is 12.0. The summed E-state index contributed by atoms with van der Waals surface area (Å²) in [4.78, 5) is 24.2. The van der Waals surface area contributed by atoms with E-state index in [-0.39, 0.29) is 11.9 Å². The number of methoxy groups -OCH3 is 1. The molecule has 1 atom stereocenters. The Morgan fingerprint density at radius 2 is 1.96 bits per heavy atom. The predicted molar refractivity (Wildman–Crippen MR) is 92.8 cm³/mol. The van der Waals surface area contributed by atoms with Gasteiger partial charge in [0.25, 0.3) is 5.91 Å². The van der Waals surface area contributed by atoms with Gasteiger partial charge in [0, 0.05) is 5.02 Å². The lowest BCUT2D eigenvalue weighted by molar-refractivity contribution is 0.0600. The molecule has 6 heteroatoms. The van der Waals surface area contributed by atoms with Crippen LogP contribution in [0.4, 0.5) is 0 Å². The van der Waals surface area contributed by atoms with Gasteiger partial charge in [-0.05, 0) is 54.3 Å². The second-order valence-electron chi connectivity index (χ2n) is 5.59. The molecule has 1 aliphatic rings. The summed E-state index contributed by atoms with van der Waals surface area (Å²) in [6.07, 6.45) is 1.61. The van der Waals surface area contributed by atoms with Gasteiger partial charge in [-0.25, -0.2) is 4.79 Å². The third kappa shape index (κ3) is 3.25. The SMILES string of the molecule is COC(=O)c1ccc2c(c1)C(NC(=O)c1cc(Cl)ccc1Cl)CC2. The summed E-state index contributed by atoms with van der Waals surface area (Å²) in [5.74, 6) is -0.684. The highest BCUT2D eigenvalue weighted by Crippen LogP contribution is 2.32. The van der Waals surface area contributed by atoms with Gasteiger partial charge in [-0.2, -0.15) is 0 Å². The highest BCUT2D eigenvalue weighted by Gasteiger charge is 2.26. The van der Waals surface area contributed by atoms with Crippen molar-refractivity contribution in [3.8, 4) is 0 Å². The van der Waals surface area contributed by atoms with Crippen LogP contribution < -0.4 is 5.32 Å². The first-order valence-electron chi connectivity index (χ1n) is 7.46. The molecule has 1 N–H and O–H groups in total. The van der Waals surface area contributed by atoms with Crippen LogP contribution in [0.2, 0.25) is 10.0 Å². The number of fused-ring (bicyclic) bond motifs is 1. The number of amides is 1. The van der Waals surface area contributed by atoms with E-state index in [4.69, 9.17) is 27.9 Å². The molecule has 24 heavy (non-hydrogen) atoms. The number of benzene rings is 2. The minimum absolute atomic E-state index is 0.174. The monoisotopic (exact) mass is 363 g/mol. The average molecular weight is 364 g/mol. The van der Waals surface area contributed by atoms with Gasteiger partial charge in [-0.3, -0.25) is 4.79 Å². The number of carbonyl (C=O) groups excluding carboxylic acids is 2. The topological polar surface area (TPSA) is 55.4 Å². The third-order valence-electron chi connectivity index (χ3n) is 4.12. The normalized spacial score (nSPS) is 15.7. The molecule has 0 saturated carbocycles. The Morgan fingerprint density at radius 3 is 2.71 bits per heavy atom. The van der Waals surface area contributed by atoms with Gasteiger partial charge >= 0.3 is 5.97 Å². The molecule has 0 heterocycles. The molecule has 1 unspecified atom stereocenters. The second kappa shape index (κ2) is 6.83. The number of aryl methyl sites for hydroxylation is 1. The van der Waals surface area contributed by atoms with E-state index in [9.17, 15) is 9.59 Å². The maximum Gasteiger partial charge on any atom is 0.337 e. The van der Waals surface area contributed by atoms with Crippen LogP contribution in [0.15, 0.2) is 36.4 Å². The molecule has 0 saturated heterocycles. The van der Waals surface area contributed by atoms with Gasteiger partial charge in [0.2, 0.25) is 0 Å². The van der Waals surface area contributed by atoms with Crippen LogP contribution in [0.3, 0.4) is 0 Å². The molecule has 2 aromatic carbocycles. The lowest BCUT2D eigenvalue weighted by Gasteiger charge is -2.15. The number of ether oxygens (including phenoxy) is 1. The predicted octanol–water partition coefficient (Wildman–Crippen LogP) is 4.20. The van der Waals surface area contributed by atoms with E-state index in [0.717, 1.165) is 24.0 Å². The Bertz CT molecular complexity index is 820. The first-order chi connectivity index (χ1) is 11.5. The van der Waals surface area contributed by atoms with Crippen LogP contribution >= 0.6 is 23.2 Å². The summed E-state index contributed by atoms with van der Waals surface area (Å²) in [6, 6.07) is 10.0. The average Bonchev–Trinajstić information content (AvgIpc) is 2.98. The molecular formula is C18H15Cl2NO3. The number of rotatable bonds is 3. The van der Waals surface area contributed by atoms with Crippen LogP contribution in [0, 0.1) is 0 Å². The molecule has 4 nitrogen and oxygen atoms in total. The van der Waals surface area contributed by atoms with Crippen molar-refractivity contribution in [1.82, 2.24) is 5.32 Å². The molecule has 0 bridgehead atoms. The zero-order chi connectivity index (χ0) is 17.3. The van der Waals surface area contributed by atoms with E-state index in [1.165, 1.54) is 7.11 Å². The lowest BCUT2D eigenvalue weighted by Crippen LogP contribution is -2.27. The van der Waals surface area contributed by atoms with Crippen molar-refractivity contribution >= 4 is 35.1 Å². The number of esters is 1. The van der Waals surface area contributed by atoms with Crippen molar-refractivity contribution in [3.63, 3.8) is 0 Å². The minimum atomic E-state index is -0.396. The fourth-order valence-electron chi connectivity index (χ4n) is 2.90. The molecule has 3 rings (SSSR count). The summed E-state index contributed by atoms with van der Waals surface area (Å²) in [5.41, 5.74) is 2.86. The van der Waals surface area contributed by atoms with Crippen molar-refractivity contribution in [2.45, 2.75) is 18.9 Å². The summed E-state index contributed by atoms with van der Waals surface area (Å²) in [5, 5.41) is 3.76. The molecular weight excluding hydrogens is 349 g/mol. The van der Waals surface area contributed by atoms with Gasteiger partial charge in [0.15, 0.2) is 0 Å². The van der Waals surface area contributed by atoms with Crippen LogP contribution in [0.1, 0.15) is 44.3 Å². The number of hydrogen-bond acceptors (Lipinski definition) is 3. The molecule has 0 aromatic heterocycles. The van der Waals surface area contributed by atoms with Crippen molar-refractivity contribution in [1.29, 1.82) is 0 Å². The number of halogens is 2. The lowest BCUT2D eigenvalue weighted by atomic mass is 10.0. The van der Waals surface area contributed by atoms with E-state index >= 15 is 0 Å². The van der Waals surface area contributed by atoms with Crippen molar-refractivity contribution < 1.29 is 14.3 Å². The Kier molecular flexibility index (Phi) is 4.78. The first kappa shape index (κ1) is 16.8. The molecule has 0 spiro atoms. The Morgan fingerprint density at radius 1 is 1.17 bits per heavy atom. The van der Waals surface area contributed by atoms with Crippen LogP contribution in [0.25, 0.3) is 0 Å². The highest BCUT2D eigenvalue weighted by molar-refractivity contribution is 6.35. The van der Waals surface area contributed by atoms with E-state index < -0.39 is 5.97 Å². The van der Waals surface area contributed by atoms with Crippen molar-refractivity contribution in [2.75, 3.05) is 7.11 Å². The zero-order valence-corrected chi connectivity index (χ0v) is 14.4. The summed E-state index contributed by atoms with van der Waals surface area (Å²) in [7, 11) is 1.34. The van der Waals surface area contributed by atoms with Crippen LogP contribution in [-0.2, 0) is 11.2 Å². The number of nitrogens with one attached hydrogen (secondary N) is 1. The summed E-state index contributed by atoms with van der Waals surface area (Å²) in [6.45, 7) is 0. The van der Waals surface area contributed by atoms with Gasteiger partial charge < -0.3 is 10.1 Å². The molecule has 0 radical (unpaired) electrons. The van der Waals surface area contributed by atoms with E-state index in [0.29, 0.717) is 21.2 Å². The molecule has 1 aliphatic carbocycles. The fraction of sp³-hybridized carbons (Fsp3) is 0.222. The van der Waals surface area contributed by atoms with Gasteiger partial charge in [0.05, 0.1) is 29.3 Å². The maximum absolute atomic E-state index is 12.5. The van der Waals surface area contributed by atoms with Crippen LogP contribution in [0.5, 0.6) is 0 Å². The van der Waals surface area contributed by atoms with Crippen LogP contribution in [-0.4, -0.2) is 19.0 Å². The van der Waals surface area contributed by atoms with Gasteiger partial charge in [-0.1, -0.05) is 29.3 Å². The molecule has 2 aromatic rings. The molecule has 0 fully saturated rings. The number of hydrogen-bond donors (Lipinski definition) is 1. The number of carbonyl (C=O) groups is 2. The molecule has 0 aliphatic heterocycles. The Hall–Kier alpha value is -2.04. The quantitative estimate of drug-likeness (QED) is 0.831. The second-order valence-corrected chi connectivity index (χ2v) is 6.44. The summed E-state index contributed by atoms with van der Waals surface area (Å²) < 4.78 is 4.75. The fourth-order valence-corrected chi connectivity index (χ4v) is 3.28.